The Kier molecular flexibility index (Phi) is 4.66. The molecule has 118 valence electrons. The van der Waals surface area contributed by atoms with E-state index in [4.69, 9.17) is 0 Å². The Bertz CT molecular complexity index is 581. The van der Waals surface area contributed by atoms with Crippen LogP contribution in [0.25, 0.3) is 0 Å². The summed E-state index contributed by atoms with van der Waals surface area (Å²) < 4.78 is 27.8. The number of hydrogen-bond acceptors (Lipinski definition) is 5. The van der Waals surface area contributed by atoms with E-state index >= 15 is 0 Å². The number of nitrogens with one attached hydrogen (secondary N) is 2. The summed E-state index contributed by atoms with van der Waals surface area (Å²) >= 11 is 1.51. The van der Waals surface area contributed by atoms with Gasteiger partial charge in [-0.1, -0.05) is 0 Å². The molecule has 0 radical (unpaired) electrons. The zero-order chi connectivity index (χ0) is 14.9. The molecular weight excluding hydrogens is 306 g/mol. The number of rotatable bonds is 7. The molecule has 1 aliphatic heterocycles. The Morgan fingerprint density at radius 2 is 2.19 bits per heavy atom. The maximum Gasteiger partial charge on any atom is 0.241 e. The summed E-state index contributed by atoms with van der Waals surface area (Å²) in [6.45, 7) is 2.22. The lowest BCUT2D eigenvalue weighted by molar-refractivity contribution is 0.311. The molecule has 2 heterocycles. The fourth-order valence-corrected chi connectivity index (χ4v) is 5.21. The van der Waals surface area contributed by atoms with Crippen LogP contribution in [0.3, 0.4) is 0 Å². The highest BCUT2D eigenvalue weighted by Crippen LogP contribution is 2.25. The lowest BCUT2D eigenvalue weighted by atomic mass is 10.2. The molecule has 0 aromatic carbocycles. The minimum Gasteiger partial charge on any atom is -0.309 e. The van der Waals surface area contributed by atoms with Crippen LogP contribution in [0.2, 0.25) is 0 Å². The van der Waals surface area contributed by atoms with Crippen molar-refractivity contribution < 1.29 is 8.42 Å². The quantitative estimate of drug-likeness (QED) is 0.793. The number of likely N-dealkylation sites (tertiary alicyclic amines) is 1. The van der Waals surface area contributed by atoms with Crippen LogP contribution in [0, 0.1) is 0 Å². The highest BCUT2D eigenvalue weighted by molar-refractivity contribution is 7.89. The zero-order valence-electron chi connectivity index (χ0n) is 12.3. The molecule has 2 aliphatic rings. The number of hydrogen-bond donors (Lipinski definition) is 2. The van der Waals surface area contributed by atoms with Gasteiger partial charge in [0.05, 0.1) is 4.90 Å². The van der Waals surface area contributed by atoms with E-state index in [1.54, 1.807) is 6.07 Å². The van der Waals surface area contributed by atoms with Crippen LogP contribution in [-0.4, -0.2) is 45.5 Å². The monoisotopic (exact) mass is 329 g/mol. The fourth-order valence-electron chi connectivity index (χ4n) is 2.74. The molecule has 1 aliphatic carbocycles. The highest BCUT2D eigenvalue weighted by atomic mass is 32.2. The van der Waals surface area contributed by atoms with Crippen LogP contribution in [0.5, 0.6) is 0 Å². The second-order valence-corrected chi connectivity index (χ2v) is 8.73. The van der Waals surface area contributed by atoms with Gasteiger partial charge in [0, 0.05) is 30.1 Å². The minimum absolute atomic E-state index is 0.325. The van der Waals surface area contributed by atoms with Gasteiger partial charge in [0.15, 0.2) is 0 Å². The third-order valence-electron chi connectivity index (χ3n) is 4.30. The summed E-state index contributed by atoms with van der Waals surface area (Å²) in [6.07, 6.45) is 4.64. The summed E-state index contributed by atoms with van der Waals surface area (Å²) in [5.41, 5.74) is 0. The summed E-state index contributed by atoms with van der Waals surface area (Å²) in [5, 5.41) is 5.25. The van der Waals surface area contributed by atoms with Crippen molar-refractivity contribution in [3.63, 3.8) is 0 Å². The van der Waals surface area contributed by atoms with Gasteiger partial charge in [-0.15, -0.1) is 11.3 Å². The molecule has 2 N–H and O–H groups in total. The molecule has 3 rings (SSSR count). The molecule has 0 bridgehead atoms. The molecule has 1 aromatic heterocycles. The van der Waals surface area contributed by atoms with E-state index in [9.17, 15) is 8.42 Å². The van der Waals surface area contributed by atoms with Gasteiger partial charge in [0.25, 0.3) is 0 Å². The Hall–Kier alpha value is -0.470. The molecule has 1 atom stereocenters. The Morgan fingerprint density at radius 1 is 1.38 bits per heavy atom. The minimum atomic E-state index is -3.39. The van der Waals surface area contributed by atoms with Gasteiger partial charge in [-0.05, 0) is 50.7 Å². The van der Waals surface area contributed by atoms with Gasteiger partial charge in [-0.2, -0.15) is 0 Å². The van der Waals surface area contributed by atoms with Crippen LogP contribution in [0.15, 0.2) is 16.3 Å². The molecule has 0 spiro atoms. The van der Waals surface area contributed by atoms with E-state index in [2.05, 4.69) is 22.0 Å². The zero-order valence-corrected chi connectivity index (χ0v) is 14.0. The third kappa shape index (κ3) is 3.84. The van der Waals surface area contributed by atoms with Gasteiger partial charge in [-0.3, -0.25) is 0 Å². The first-order chi connectivity index (χ1) is 10.1. The predicted octanol–water partition coefficient (Wildman–Crippen LogP) is 1.37. The van der Waals surface area contributed by atoms with Gasteiger partial charge >= 0.3 is 0 Å². The van der Waals surface area contributed by atoms with Crippen molar-refractivity contribution in [2.75, 3.05) is 20.1 Å². The van der Waals surface area contributed by atoms with Crippen molar-refractivity contribution in [1.82, 2.24) is 14.9 Å². The average molecular weight is 329 g/mol. The second kappa shape index (κ2) is 6.34. The van der Waals surface area contributed by atoms with Gasteiger partial charge < -0.3 is 10.2 Å². The van der Waals surface area contributed by atoms with E-state index in [0.717, 1.165) is 24.3 Å². The van der Waals surface area contributed by atoms with Gasteiger partial charge in [-0.25, -0.2) is 13.1 Å². The lowest BCUT2D eigenvalue weighted by Gasteiger charge is -2.19. The first-order valence-corrected chi connectivity index (χ1v) is 9.92. The van der Waals surface area contributed by atoms with Crippen LogP contribution < -0.4 is 10.0 Å². The van der Waals surface area contributed by atoms with Crippen molar-refractivity contribution in [3.8, 4) is 0 Å². The molecule has 1 aromatic rings. The summed E-state index contributed by atoms with van der Waals surface area (Å²) in [7, 11) is -1.34. The van der Waals surface area contributed by atoms with E-state index in [-0.39, 0.29) is 0 Å². The van der Waals surface area contributed by atoms with Crippen molar-refractivity contribution in [1.29, 1.82) is 0 Å². The standard InChI is InChI=1S/C14H23N3O2S2/c1-17-7-2-3-12(17)9-16-21(18,19)14-6-8-20-13(14)10-15-11-4-5-11/h6,8,11-12,15-16H,2-5,7,9-10H2,1H3. The maximum absolute atomic E-state index is 12.5. The molecule has 21 heavy (non-hydrogen) atoms. The van der Waals surface area contributed by atoms with E-state index in [0.29, 0.717) is 30.1 Å². The van der Waals surface area contributed by atoms with Crippen molar-refractivity contribution in [2.45, 2.75) is 49.2 Å². The Morgan fingerprint density at radius 3 is 2.86 bits per heavy atom. The molecule has 1 saturated heterocycles. The topological polar surface area (TPSA) is 61.4 Å². The second-order valence-electron chi connectivity index (χ2n) is 5.99. The first kappa shape index (κ1) is 15.4. The molecule has 1 saturated carbocycles. The lowest BCUT2D eigenvalue weighted by Crippen LogP contribution is -2.38. The van der Waals surface area contributed by atoms with Gasteiger partial charge in [0.1, 0.15) is 0 Å². The summed E-state index contributed by atoms with van der Waals surface area (Å²) in [6, 6.07) is 2.63. The first-order valence-electron chi connectivity index (χ1n) is 7.56. The Balaban J connectivity index is 1.62. The average Bonchev–Trinajstić information content (AvgIpc) is 2.98. The van der Waals surface area contributed by atoms with E-state index in [1.807, 2.05) is 5.38 Å². The molecule has 2 fully saturated rings. The van der Waals surface area contributed by atoms with Crippen LogP contribution >= 0.6 is 11.3 Å². The summed E-state index contributed by atoms with van der Waals surface area (Å²) in [5.74, 6) is 0. The van der Waals surface area contributed by atoms with Crippen molar-refractivity contribution >= 4 is 21.4 Å². The van der Waals surface area contributed by atoms with Crippen LogP contribution in [0.4, 0.5) is 0 Å². The fraction of sp³-hybridized carbons (Fsp3) is 0.714. The predicted molar refractivity (Wildman–Crippen MR) is 85.0 cm³/mol. The number of nitrogens with zero attached hydrogens (tertiary/aromatic N) is 1. The molecule has 7 heteroatoms. The smallest absolute Gasteiger partial charge is 0.241 e. The van der Waals surface area contributed by atoms with Crippen LogP contribution in [-0.2, 0) is 16.6 Å². The number of sulfonamides is 1. The highest BCUT2D eigenvalue weighted by Gasteiger charge is 2.26. The van der Waals surface area contributed by atoms with Crippen molar-refractivity contribution in [2.24, 2.45) is 0 Å². The SMILES string of the molecule is CN1CCCC1CNS(=O)(=O)c1ccsc1CNC1CC1. The molecule has 0 amide bonds. The number of thiophene rings is 1. The Labute approximate surface area is 130 Å². The summed E-state index contributed by atoms with van der Waals surface area (Å²) in [4.78, 5) is 3.58. The molecule has 1 unspecified atom stereocenters. The number of likely N-dealkylation sites (N-methyl/N-ethyl adjacent to an activating group) is 1. The molecule has 5 nitrogen and oxygen atoms in total. The normalized spacial score (nSPS) is 23.8. The van der Waals surface area contributed by atoms with Crippen molar-refractivity contribution in [3.05, 3.63) is 16.3 Å². The largest absolute Gasteiger partial charge is 0.309 e. The van der Waals surface area contributed by atoms with E-state index < -0.39 is 10.0 Å². The third-order valence-corrected chi connectivity index (χ3v) is 6.86. The van der Waals surface area contributed by atoms with Gasteiger partial charge in [0.2, 0.25) is 10.0 Å². The van der Waals surface area contributed by atoms with E-state index in [1.165, 1.54) is 24.2 Å². The maximum atomic E-state index is 12.5. The molecular formula is C14H23N3O2S2. The van der Waals surface area contributed by atoms with Crippen LogP contribution in [0.1, 0.15) is 30.6 Å².